The van der Waals surface area contributed by atoms with Crippen molar-refractivity contribution in [2.24, 2.45) is 20.5 Å². The van der Waals surface area contributed by atoms with E-state index in [1.165, 1.54) is 0 Å². The summed E-state index contributed by atoms with van der Waals surface area (Å²) >= 11 is 3.55. The number of hydrogen-bond donors (Lipinski definition) is 0. The predicted octanol–water partition coefficient (Wildman–Crippen LogP) is 15.7. The first-order chi connectivity index (χ1) is 33.1. The number of azo groups is 2. The normalized spacial score (nSPS) is 11.3. The van der Waals surface area contributed by atoms with Gasteiger partial charge in [0.05, 0.1) is 68.3 Å². The van der Waals surface area contributed by atoms with Gasteiger partial charge in [-0.1, -0.05) is 48.5 Å². The van der Waals surface area contributed by atoms with Gasteiger partial charge in [0.25, 0.3) is 0 Å². The molecule has 0 N–H and O–H groups in total. The summed E-state index contributed by atoms with van der Waals surface area (Å²) in [5.74, 6) is 0. The molecule has 0 spiro atoms. The van der Waals surface area contributed by atoms with Crippen LogP contribution in [0.2, 0.25) is 0 Å². The van der Waals surface area contributed by atoms with E-state index in [0.29, 0.717) is 0 Å². The Kier molecular flexibility index (Phi) is 13.1. The van der Waals surface area contributed by atoms with Gasteiger partial charge in [0.2, 0.25) is 0 Å². The summed E-state index contributed by atoms with van der Waals surface area (Å²) in [7, 11) is 0. The van der Waals surface area contributed by atoms with Crippen molar-refractivity contribution in [1.29, 1.82) is 0 Å². The molecule has 6 aromatic heterocycles. The average Bonchev–Trinajstić information content (AvgIpc) is 3.41. The van der Waals surface area contributed by atoms with Gasteiger partial charge in [-0.2, -0.15) is 20.5 Å². The van der Waals surface area contributed by atoms with Crippen molar-refractivity contribution in [2.75, 3.05) is 5.08 Å². The van der Waals surface area contributed by atoms with Gasteiger partial charge in [-0.3, -0.25) is 19.9 Å². The molecule has 0 aliphatic carbocycles. The molecule has 320 valence electrons. The van der Waals surface area contributed by atoms with Gasteiger partial charge in [-0.25, -0.2) is 9.97 Å². The highest BCUT2D eigenvalue weighted by atomic mass is 32.2. The topological polar surface area (TPSA) is 127 Å². The molecule has 0 bridgehead atoms. The smallest absolute Gasteiger partial charge is 0.0900 e. The van der Waals surface area contributed by atoms with Crippen LogP contribution in [0.5, 0.6) is 0 Å². The Morgan fingerprint density at radius 1 is 0.284 bits per heavy atom. The summed E-state index contributed by atoms with van der Waals surface area (Å²) < 4.78 is 0. The first-order valence-electron chi connectivity index (χ1n) is 21.4. The number of aromatic nitrogens is 6. The molecular weight excluding hydrogens is 865 g/mol. The Bertz CT molecular complexity index is 2930. The summed E-state index contributed by atoms with van der Waals surface area (Å²) in [6.07, 6.45) is 7.11. The van der Waals surface area contributed by atoms with Gasteiger partial charge in [0, 0.05) is 39.7 Å². The first kappa shape index (κ1) is 42.6. The SMILES string of the molecule is c1ccc(-c2cc(-c3ccc(N=Nc4ccc(SCSc5ccc(N=Nc6ccc(-c7cc(-c8ccccn8)nc(-c8ccccn8)c7)cc6)cc5)cc4)cc3)cc(-c3ccccn3)n2)nc1. The molecule has 0 saturated heterocycles. The molecule has 10 aromatic rings. The second kappa shape index (κ2) is 20.7. The minimum atomic E-state index is 0.762. The highest BCUT2D eigenvalue weighted by Gasteiger charge is 2.12. The quantitative estimate of drug-likeness (QED) is 0.0600. The maximum absolute atomic E-state index is 4.88. The first-order valence-corrected chi connectivity index (χ1v) is 23.3. The minimum Gasteiger partial charge on any atom is -0.255 e. The largest absolute Gasteiger partial charge is 0.255 e. The van der Waals surface area contributed by atoms with Gasteiger partial charge < -0.3 is 0 Å². The maximum atomic E-state index is 4.88. The number of rotatable bonds is 14. The minimum absolute atomic E-state index is 0.762. The molecule has 67 heavy (non-hydrogen) atoms. The lowest BCUT2D eigenvalue weighted by molar-refractivity contribution is 1.22. The second-order valence-electron chi connectivity index (χ2n) is 15.0. The molecule has 0 saturated carbocycles. The Morgan fingerprint density at radius 2 is 0.567 bits per heavy atom. The third-order valence-electron chi connectivity index (χ3n) is 10.4. The molecule has 6 heterocycles. The van der Waals surface area contributed by atoms with E-state index in [1.807, 2.05) is 146 Å². The zero-order valence-corrected chi connectivity index (χ0v) is 37.4. The molecule has 4 aromatic carbocycles. The number of hydrogen-bond acceptors (Lipinski definition) is 12. The van der Waals surface area contributed by atoms with Crippen LogP contribution in [-0.2, 0) is 0 Å². The third-order valence-corrected chi connectivity index (χ3v) is 12.6. The van der Waals surface area contributed by atoms with Crippen molar-refractivity contribution in [3.8, 4) is 67.8 Å². The Balaban J connectivity index is 0.721. The lowest BCUT2D eigenvalue weighted by atomic mass is 10.0. The highest BCUT2D eigenvalue weighted by Crippen LogP contribution is 2.34. The maximum Gasteiger partial charge on any atom is 0.0900 e. The molecular formula is C55H38N10S2. The molecule has 12 heteroatoms. The standard InChI is InChI=1S/C55H38N10S2/c1-5-29-56-48(9-1)52-33-40(34-53(60-52)49-10-2-6-30-57-49)38-13-17-42(18-14-38)62-64-44-21-25-46(26-22-44)66-37-67-47-27-23-45(24-28-47)65-63-43-19-15-39(16-20-43)41-35-54(50-11-3-7-31-58-50)61-55(36-41)51-12-4-8-32-59-51/h1-36H,37H2. The second-order valence-corrected chi connectivity index (χ2v) is 17.5. The zero-order chi connectivity index (χ0) is 45.0. The van der Waals surface area contributed by atoms with Crippen LogP contribution < -0.4 is 0 Å². The molecule has 0 fully saturated rings. The van der Waals surface area contributed by atoms with E-state index in [9.17, 15) is 0 Å². The van der Waals surface area contributed by atoms with Crippen LogP contribution in [0.25, 0.3) is 67.8 Å². The van der Waals surface area contributed by atoms with Gasteiger partial charge in [-0.05, 0) is 168 Å². The van der Waals surface area contributed by atoms with Gasteiger partial charge in [0.15, 0.2) is 0 Å². The fourth-order valence-corrected chi connectivity index (χ4v) is 9.01. The van der Waals surface area contributed by atoms with Crippen LogP contribution in [0.1, 0.15) is 0 Å². The fourth-order valence-electron chi connectivity index (χ4n) is 7.03. The predicted molar refractivity (Wildman–Crippen MR) is 270 cm³/mol. The highest BCUT2D eigenvalue weighted by molar-refractivity contribution is 8.16. The summed E-state index contributed by atoms with van der Waals surface area (Å²) in [6, 6.07) is 63.9. The summed E-state index contributed by atoms with van der Waals surface area (Å²) in [5.41, 5.74) is 13.5. The monoisotopic (exact) mass is 902 g/mol. The molecule has 0 aliphatic heterocycles. The molecule has 0 atom stereocenters. The van der Waals surface area contributed by atoms with E-state index in [4.69, 9.17) is 9.97 Å². The molecule has 0 aliphatic rings. The van der Waals surface area contributed by atoms with E-state index in [2.05, 4.69) is 88.9 Å². The summed E-state index contributed by atoms with van der Waals surface area (Å²) in [5, 5.41) is 18.9. The number of benzene rings is 4. The molecule has 0 radical (unpaired) electrons. The average molecular weight is 903 g/mol. The van der Waals surface area contributed by atoms with Crippen LogP contribution in [0, 0.1) is 0 Å². The van der Waals surface area contributed by atoms with E-state index in [-0.39, 0.29) is 0 Å². The van der Waals surface area contributed by atoms with Gasteiger partial charge in [0.1, 0.15) is 0 Å². The van der Waals surface area contributed by atoms with Crippen molar-refractivity contribution in [3.05, 3.63) is 219 Å². The Hall–Kier alpha value is -8.32. The molecule has 10 nitrogen and oxygen atoms in total. The fraction of sp³-hybridized carbons (Fsp3) is 0.0182. The van der Waals surface area contributed by atoms with E-state index >= 15 is 0 Å². The lowest BCUT2D eigenvalue weighted by Gasteiger charge is -2.09. The van der Waals surface area contributed by atoms with E-state index < -0.39 is 0 Å². The molecule has 10 rings (SSSR count). The number of pyridine rings is 6. The molecule has 0 unspecified atom stereocenters. The summed E-state index contributed by atoms with van der Waals surface area (Å²) in [4.78, 5) is 30.2. The van der Waals surface area contributed by atoms with Crippen LogP contribution in [0.4, 0.5) is 22.7 Å². The Morgan fingerprint density at radius 3 is 0.836 bits per heavy atom. The van der Waals surface area contributed by atoms with Crippen molar-refractivity contribution in [2.45, 2.75) is 9.79 Å². The van der Waals surface area contributed by atoms with Crippen molar-refractivity contribution in [1.82, 2.24) is 29.9 Å². The van der Waals surface area contributed by atoms with Crippen LogP contribution >= 0.6 is 23.5 Å². The van der Waals surface area contributed by atoms with E-state index in [1.54, 1.807) is 48.3 Å². The third kappa shape index (κ3) is 11.0. The van der Waals surface area contributed by atoms with Crippen molar-refractivity contribution in [3.63, 3.8) is 0 Å². The lowest BCUT2D eigenvalue weighted by Crippen LogP contribution is -1.93. The van der Waals surface area contributed by atoms with Gasteiger partial charge >= 0.3 is 0 Å². The van der Waals surface area contributed by atoms with Crippen molar-refractivity contribution < 1.29 is 0 Å². The zero-order valence-electron chi connectivity index (χ0n) is 35.8. The van der Waals surface area contributed by atoms with Crippen LogP contribution in [0.15, 0.2) is 249 Å². The van der Waals surface area contributed by atoms with Crippen LogP contribution in [0.3, 0.4) is 0 Å². The number of thioether (sulfide) groups is 2. The van der Waals surface area contributed by atoms with Crippen molar-refractivity contribution >= 4 is 46.3 Å². The number of nitrogens with zero attached hydrogens (tertiary/aromatic N) is 10. The van der Waals surface area contributed by atoms with Crippen LogP contribution in [-0.4, -0.2) is 35.0 Å². The van der Waals surface area contributed by atoms with E-state index in [0.717, 1.165) is 105 Å². The molecule has 0 amide bonds. The Labute approximate surface area is 396 Å². The van der Waals surface area contributed by atoms with Gasteiger partial charge in [-0.15, -0.1) is 23.5 Å². The summed E-state index contributed by atoms with van der Waals surface area (Å²) in [6.45, 7) is 0.